The monoisotopic (exact) mass is 343 g/mol. The van der Waals surface area contributed by atoms with Gasteiger partial charge in [0.1, 0.15) is 5.82 Å². The van der Waals surface area contributed by atoms with Gasteiger partial charge >= 0.3 is 0 Å². The topological polar surface area (TPSA) is 43.1 Å². The van der Waals surface area contributed by atoms with E-state index in [0.29, 0.717) is 5.56 Å². The first-order valence-corrected chi connectivity index (χ1v) is 7.13. The minimum atomic E-state index is -0.514. The predicted molar refractivity (Wildman–Crippen MR) is 85.9 cm³/mol. The third-order valence-electron chi connectivity index (χ3n) is 3.30. The second-order valence-electron chi connectivity index (χ2n) is 4.74. The zero-order valence-corrected chi connectivity index (χ0v) is 12.5. The smallest absolute Gasteiger partial charge is 0.193 e. The number of halogens is 2. The average Bonchev–Trinajstić information content (AvgIpc) is 2.46. The highest BCUT2D eigenvalue weighted by Crippen LogP contribution is 2.28. The first-order valence-electron chi connectivity index (χ1n) is 6.34. The molecule has 0 bridgehead atoms. The Morgan fingerprint density at radius 3 is 2.43 bits per heavy atom. The first kappa shape index (κ1) is 13.8. The predicted octanol–water partition coefficient (Wildman–Crippen LogP) is 4.55. The Bertz CT molecular complexity index is 840. The minimum absolute atomic E-state index is 0.236. The second-order valence-corrected chi connectivity index (χ2v) is 5.60. The first-order chi connectivity index (χ1) is 10.1. The maximum atomic E-state index is 13.4. The molecule has 21 heavy (non-hydrogen) atoms. The molecule has 0 unspecified atom stereocenters. The zero-order valence-electron chi connectivity index (χ0n) is 10.9. The summed E-state index contributed by atoms with van der Waals surface area (Å²) in [5.41, 5.74) is 6.62. The Morgan fingerprint density at radius 1 is 1.00 bits per heavy atom. The number of benzene rings is 3. The Hall–Kier alpha value is -2.20. The van der Waals surface area contributed by atoms with Crippen molar-refractivity contribution in [1.29, 1.82) is 0 Å². The Morgan fingerprint density at radius 2 is 1.71 bits per heavy atom. The SMILES string of the molecule is Nc1cc(F)cc(C(=O)c2ccc(Br)c3ccccc23)c1. The largest absolute Gasteiger partial charge is 0.399 e. The number of rotatable bonds is 2. The number of nitrogens with two attached hydrogens (primary N) is 1. The maximum Gasteiger partial charge on any atom is 0.193 e. The van der Waals surface area contributed by atoms with Crippen molar-refractivity contribution in [3.8, 4) is 0 Å². The van der Waals surface area contributed by atoms with Crippen LogP contribution < -0.4 is 5.73 Å². The van der Waals surface area contributed by atoms with Gasteiger partial charge in [-0.2, -0.15) is 0 Å². The van der Waals surface area contributed by atoms with Crippen LogP contribution in [-0.4, -0.2) is 5.78 Å². The second kappa shape index (κ2) is 5.30. The lowest BCUT2D eigenvalue weighted by Gasteiger charge is -2.08. The van der Waals surface area contributed by atoms with Crippen LogP contribution in [0.2, 0.25) is 0 Å². The summed E-state index contributed by atoms with van der Waals surface area (Å²) in [6.45, 7) is 0. The lowest BCUT2D eigenvalue weighted by molar-refractivity contribution is 0.104. The third kappa shape index (κ3) is 2.54. The average molecular weight is 344 g/mol. The number of nitrogen functional groups attached to an aromatic ring is 1. The molecule has 0 atom stereocenters. The summed E-state index contributed by atoms with van der Waals surface area (Å²) in [7, 11) is 0. The van der Waals surface area contributed by atoms with Gasteiger partial charge in [-0.25, -0.2) is 4.39 Å². The van der Waals surface area contributed by atoms with Crippen LogP contribution in [0.25, 0.3) is 10.8 Å². The van der Waals surface area contributed by atoms with E-state index in [-0.39, 0.29) is 17.0 Å². The molecule has 2 nitrogen and oxygen atoms in total. The van der Waals surface area contributed by atoms with E-state index in [1.54, 1.807) is 6.07 Å². The summed E-state index contributed by atoms with van der Waals surface area (Å²) < 4.78 is 14.4. The highest BCUT2D eigenvalue weighted by Gasteiger charge is 2.15. The van der Waals surface area contributed by atoms with Gasteiger partial charge in [0.2, 0.25) is 0 Å². The van der Waals surface area contributed by atoms with Crippen LogP contribution in [0, 0.1) is 5.82 Å². The number of carbonyl (C=O) groups excluding carboxylic acids is 1. The van der Waals surface area contributed by atoms with Crippen molar-refractivity contribution in [2.75, 3.05) is 5.73 Å². The molecule has 0 fully saturated rings. The lowest BCUT2D eigenvalue weighted by atomic mass is 9.97. The molecule has 0 heterocycles. The molecular formula is C17H11BrFNO. The van der Waals surface area contributed by atoms with E-state index in [2.05, 4.69) is 15.9 Å². The van der Waals surface area contributed by atoms with Gasteiger partial charge in [-0.3, -0.25) is 4.79 Å². The standard InChI is InChI=1S/C17H11BrFNO/c18-16-6-5-15(13-3-1-2-4-14(13)16)17(21)10-7-11(19)9-12(20)8-10/h1-9H,20H2. The van der Waals surface area contributed by atoms with E-state index < -0.39 is 5.82 Å². The van der Waals surface area contributed by atoms with E-state index in [1.165, 1.54) is 18.2 Å². The molecule has 0 amide bonds. The molecule has 0 aliphatic carbocycles. The normalized spacial score (nSPS) is 10.8. The van der Waals surface area contributed by atoms with Crippen molar-refractivity contribution in [2.24, 2.45) is 0 Å². The summed E-state index contributed by atoms with van der Waals surface area (Å²) in [6, 6.07) is 15.0. The van der Waals surface area contributed by atoms with Crippen LogP contribution in [0.3, 0.4) is 0 Å². The fourth-order valence-corrected chi connectivity index (χ4v) is 2.84. The van der Waals surface area contributed by atoms with Gasteiger partial charge in [0.05, 0.1) is 0 Å². The Labute approximate surface area is 129 Å². The summed E-state index contributed by atoms with van der Waals surface area (Å²) in [4.78, 5) is 12.6. The van der Waals surface area contributed by atoms with E-state index in [4.69, 9.17) is 5.73 Å². The summed E-state index contributed by atoms with van der Waals surface area (Å²) in [6.07, 6.45) is 0. The number of fused-ring (bicyclic) bond motifs is 1. The molecule has 0 saturated heterocycles. The van der Waals surface area contributed by atoms with Gasteiger partial charge in [0.15, 0.2) is 5.78 Å². The molecule has 104 valence electrons. The molecule has 0 aliphatic heterocycles. The van der Waals surface area contributed by atoms with Crippen molar-refractivity contribution >= 4 is 38.2 Å². The van der Waals surface area contributed by atoms with Gasteiger partial charge in [-0.1, -0.05) is 40.2 Å². The third-order valence-corrected chi connectivity index (χ3v) is 3.99. The van der Waals surface area contributed by atoms with Gasteiger partial charge in [-0.05, 0) is 41.1 Å². The molecule has 0 aromatic heterocycles. The van der Waals surface area contributed by atoms with Crippen molar-refractivity contribution < 1.29 is 9.18 Å². The van der Waals surface area contributed by atoms with E-state index in [9.17, 15) is 9.18 Å². The number of anilines is 1. The van der Waals surface area contributed by atoms with Gasteiger partial charge in [-0.15, -0.1) is 0 Å². The molecule has 3 aromatic carbocycles. The van der Waals surface area contributed by atoms with Crippen molar-refractivity contribution in [3.05, 3.63) is 76.0 Å². The van der Waals surface area contributed by atoms with Crippen LogP contribution in [0.1, 0.15) is 15.9 Å². The molecule has 2 N–H and O–H groups in total. The molecule has 0 spiro atoms. The van der Waals surface area contributed by atoms with E-state index in [1.807, 2.05) is 30.3 Å². The highest BCUT2D eigenvalue weighted by molar-refractivity contribution is 9.10. The Balaban J connectivity index is 2.20. The van der Waals surface area contributed by atoms with Crippen molar-refractivity contribution in [2.45, 2.75) is 0 Å². The van der Waals surface area contributed by atoms with Crippen molar-refractivity contribution in [1.82, 2.24) is 0 Å². The number of ketones is 1. The highest BCUT2D eigenvalue weighted by atomic mass is 79.9. The van der Waals surface area contributed by atoms with Crippen LogP contribution in [0.4, 0.5) is 10.1 Å². The molecule has 3 rings (SSSR count). The lowest BCUT2D eigenvalue weighted by Crippen LogP contribution is -2.04. The fourth-order valence-electron chi connectivity index (χ4n) is 2.36. The summed E-state index contributed by atoms with van der Waals surface area (Å²) in [5, 5.41) is 1.76. The van der Waals surface area contributed by atoms with E-state index >= 15 is 0 Å². The zero-order chi connectivity index (χ0) is 15.0. The van der Waals surface area contributed by atoms with Crippen LogP contribution in [-0.2, 0) is 0 Å². The number of carbonyl (C=O) groups is 1. The molecule has 0 radical (unpaired) electrons. The summed E-state index contributed by atoms with van der Waals surface area (Å²) in [5.74, 6) is -0.760. The summed E-state index contributed by atoms with van der Waals surface area (Å²) >= 11 is 3.47. The fraction of sp³-hybridized carbons (Fsp3) is 0. The van der Waals surface area contributed by atoms with Crippen LogP contribution in [0.15, 0.2) is 59.1 Å². The van der Waals surface area contributed by atoms with Crippen LogP contribution >= 0.6 is 15.9 Å². The molecule has 4 heteroatoms. The number of hydrogen-bond donors (Lipinski definition) is 1. The molecular weight excluding hydrogens is 333 g/mol. The molecule has 0 saturated carbocycles. The Kier molecular flexibility index (Phi) is 3.47. The van der Waals surface area contributed by atoms with Crippen LogP contribution in [0.5, 0.6) is 0 Å². The van der Waals surface area contributed by atoms with E-state index in [0.717, 1.165) is 15.2 Å². The molecule has 3 aromatic rings. The quantitative estimate of drug-likeness (QED) is 0.547. The van der Waals surface area contributed by atoms with Gasteiger partial charge in [0, 0.05) is 21.3 Å². The molecule has 0 aliphatic rings. The van der Waals surface area contributed by atoms with Gasteiger partial charge in [0.25, 0.3) is 0 Å². The van der Waals surface area contributed by atoms with Gasteiger partial charge < -0.3 is 5.73 Å². The minimum Gasteiger partial charge on any atom is -0.399 e. The van der Waals surface area contributed by atoms with Crippen molar-refractivity contribution in [3.63, 3.8) is 0 Å². The number of hydrogen-bond acceptors (Lipinski definition) is 2. The maximum absolute atomic E-state index is 13.4.